The molecule has 118 valence electrons. The van der Waals surface area contributed by atoms with Crippen LogP contribution < -0.4 is 5.32 Å². The topological polar surface area (TPSA) is 15.3 Å². The SMILES string of the molecule is CCNC1C(CN2CCC(C)C(C)C2)CCCC1(C)C. The van der Waals surface area contributed by atoms with Crippen molar-refractivity contribution in [2.75, 3.05) is 26.2 Å². The maximum absolute atomic E-state index is 3.81. The predicted octanol–water partition coefficient (Wildman–Crippen LogP) is 3.77. The molecule has 0 aromatic heterocycles. The number of nitrogens with one attached hydrogen (secondary N) is 1. The third-order valence-corrected chi connectivity index (χ3v) is 6.04. The smallest absolute Gasteiger partial charge is 0.0159 e. The van der Waals surface area contributed by atoms with Crippen molar-refractivity contribution >= 4 is 0 Å². The summed E-state index contributed by atoms with van der Waals surface area (Å²) in [5, 5.41) is 3.81. The van der Waals surface area contributed by atoms with Crippen LogP contribution in [0.5, 0.6) is 0 Å². The van der Waals surface area contributed by atoms with Crippen molar-refractivity contribution in [1.29, 1.82) is 0 Å². The summed E-state index contributed by atoms with van der Waals surface area (Å²) in [6, 6.07) is 0.705. The average molecular weight is 280 g/mol. The van der Waals surface area contributed by atoms with E-state index in [0.29, 0.717) is 11.5 Å². The molecule has 2 heteroatoms. The molecule has 2 aliphatic rings. The summed E-state index contributed by atoms with van der Waals surface area (Å²) < 4.78 is 0. The Morgan fingerprint density at radius 3 is 2.55 bits per heavy atom. The van der Waals surface area contributed by atoms with E-state index in [1.807, 2.05) is 0 Å². The first-order chi connectivity index (χ1) is 9.44. The van der Waals surface area contributed by atoms with E-state index in [0.717, 1.165) is 24.3 Å². The molecule has 1 heterocycles. The summed E-state index contributed by atoms with van der Waals surface area (Å²) >= 11 is 0. The van der Waals surface area contributed by atoms with Crippen LogP contribution in [0.4, 0.5) is 0 Å². The molecule has 1 aliphatic carbocycles. The molecule has 0 spiro atoms. The van der Waals surface area contributed by atoms with Gasteiger partial charge in [0.2, 0.25) is 0 Å². The largest absolute Gasteiger partial charge is 0.313 e. The van der Waals surface area contributed by atoms with E-state index in [9.17, 15) is 0 Å². The van der Waals surface area contributed by atoms with E-state index in [1.54, 1.807) is 0 Å². The maximum Gasteiger partial charge on any atom is 0.0159 e. The Morgan fingerprint density at radius 1 is 1.15 bits per heavy atom. The summed E-state index contributed by atoms with van der Waals surface area (Å²) in [5.74, 6) is 2.64. The third kappa shape index (κ3) is 3.76. The maximum atomic E-state index is 3.81. The highest BCUT2D eigenvalue weighted by Gasteiger charge is 2.39. The van der Waals surface area contributed by atoms with Crippen LogP contribution in [-0.2, 0) is 0 Å². The molecule has 2 rings (SSSR count). The second-order valence-electron chi connectivity index (χ2n) is 8.18. The Kier molecular flexibility index (Phi) is 5.53. The van der Waals surface area contributed by atoms with Crippen molar-refractivity contribution in [1.82, 2.24) is 10.2 Å². The Balaban J connectivity index is 1.96. The van der Waals surface area contributed by atoms with Gasteiger partial charge in [-0.05, 0) is 55.5 Å². The minimum Gasteiger partial charge on any atom is -0.313 e. The summed E-state index contributed by atoms with van der Waals surface area (Å²) in [6.45, 7) is 17.1. The molecule has 0 bridgehead atoms. The number of hydrogen-bond acceptors (Lipinski definition) is 2. The summed E-state index contributed by atoms with van der Waals surface area (Å²) in [4.78, 5) is 2.75. The second kappa shape index (κ2) is 6.79. The molecular weight excluding hydrogens is 244 g/mol. The Hall–Kier alpha value is -0.0800. The Bertz CT molecular complexity index is 300. The van der Waals surface area contributed by atoms with Crippen LogP contribution in [0.15, 0.2) is 0 Å². The molecule has 0 radical (unpaired) electrons. The number of nitrogens with zero attached hydrogens (tertiary/aromatic N) is 1. The molecule has 20 heavy (non-hydrogen) atoms. The number of likely N-dealkylation sites (tertiary alicyclic amines) is 1. The van der Waals surface area contributed by atoms with Crippen LogP contribution in [0.3, 0.4) is 0 Å². The van der Waals surface area contributed by atoms with Gasteiger partial charge in [-0.25, -0.2) is 0 Å². The van der Waals surface area contributed by atoms with Crippen molar-refractivity contribution in [3.8, 4) is 0 Å². The lowest BCUT2D eigenvalue weighted by molar-refractivity contribution is 0.0561. The van der Waals surface area contributed by atoms with Crippen LogP contribution in [0.25, 0.3) is 0 Å². The molecule has 2 fully saturated rings. The molecule has 4 unspecified atom stereocenters. The standard InChI is InChI=1S/C18H36N2/c1-6-19-17-16(8-7-10-18(17,4)5)13-20-11-9-14(2)15(3)12-20/h14-17,19H,6-13H2,1-5H3. The average Bonchev–Trinajstić information content (AvgIpc) is 2.38. The molecule has 1 aliphatic heterocycles. The molecule has 1 N–H and O–H groups in total. The summed E-state index contributed by atoms with van der Waals surface area (Å²) in [6.07, 6.45) is 5.61. The van der Waals surface area contributed by atoms with Gasteiger partial charge in [-0.2, -0.15) is 0 Å². The van der Waals surface area contributed by atoms with Gasteiger partial charge in [0.1, 0.15) is 0 Å². The minimum absolute atomic E-state index is 0.466. The molecule has 2 nitrogen and oxygen atoms in total. The van der Waals surface area contributed by atoms with Crippen LogP contribution in [0.2, 0.25) is 0 Å². The van der Waals surface area contributed by atoms with Gasteiger partial charge in [0.25, 0.3) is 0 Å². The van der Waals surface area contributed by atoms with Gasteiger partial charge in [0.05, 0.1) is 0 Å². The fourth-order valence-corrected chi connectivity index (χ4v) is 4.49. The fourth-order valence-electron chi connectivity index (χ4n) is 4.49. The van der Waals surface area contributed by atoms with Crippen molar-refractivity contribution in [3.05, 3.63) is 0 Å². The van der Waals surface area contributed by atoms with Gasteiger partial charge in [0, 0.05) is 19.1 Å². The van der Waals surface area contributed by atoms with Crippen LogP contribution in [0.1, 0.15) is 60.3 Å². The van der Waals surface area contributed by atoms with Gasteiger partial charge >= 0.3 is 0 Å². The molecule has 4 atom stereocenters. The van der Waals surface area contributed by atoms with E-state index < -0.39 is 0 Å². The first kappa shape index (κ1) is 16.3. The van der Waals surface area contributed by atoms with Crippen molar-refractivity contribution in [2.24, 2.45) is 23.2 Å². The van der Waals surface area contributed by atoms with Crippen LogP contribution >= 0.6 is 0 Å². The van der Waals surface area contributed by atoms with Crippen LogP contribution in [-0.4, -0.2) is 37.1 Å². The molecular formula is C18H36N2. The van der Waals surface area contributed by atoms with Crippen LogP contribution in [0, 0.1) is 23.2 Å². The van der Waals surface area contributed by atoms with E-state index in [1.165, 1.54) is 45.3 Å². The van der Waals surface area contributed by atoms with Gasteiger partial charge in [-0.15, -0.1) is 0 Å². The second-order valence-corrected chi connectivity index (χ2v) is 8.18. The number of hydrogen-bond donors (Lipinski definition) is 1. The number of piperidine rings is 1. The Labute approximate surface area is 126 Å². The predicted molar refractivity (Wildman–Crippen MR) is 88.0 cm³/mol. The van der Waals surface area contributed by atoms with Crippen molar-refractivity contribution in [3.63, 3.8) is 0 Å². The number of rotatable bonds is 4. The van der Waals surface area contributed by atoms with E-state index in [-0.39, 0.29) is 0 Å². The van der Waals surface area contributed by atoms with Crippen molar-refractivity contribution < 1.29 is 0 Å². The molecule has 0 aromatic rings. The lowest BCUT2D eigenvalue weighted by Crippen LogP contribution is -2.53. The zero-order chi connectivity index (χ0) is 14.8. The van der Waals surface area contributed by atoms with Gasteiger partial charge in [0.15, 0.2) is 0 Å². The first-order valence-corrected chi connectivity index (χ1v) is 8.89. The quantitative estimate of drug-likeness (QED) is 0.843. The zero-order valence-electron chi connectivity index (χ0n) is 14.4. The van der Waals surface area contributed by atoms with Gasteiger partial charge in [-0.3, -0.25) is 0 Å². The highest BCUT2D eigenvalue weighted by atomic mass is 15.1. The zero-order valence-corrected chi connectivity index (χ0v) is 14.4. The van der Waals surface area contributed by atoms with E-state index in [4.69, 9.17) is 0 Å². The highest BCUT2D eigenvalue weighted by molar-refractivity contribution is 4.94. The molecule has 0 aromatic carbocycles. The molecule has 0 amide bonds. The fraction of sp³-hybridized carbons (Fsp3) is 1.00. The lowest BCUT2D eigenvalue weighted by atomic mass is 9.67. The normalized spacial score (nSPS) is 38.9. The minimum atomic E-state index is 0.466. The lowest BCUT2D eigenvalue weighted by Gasteiger charge is -2.47. The van der Waals surface area contributed by atoms with Crippen molar-refractivity contribution in [2.45, 2.75) is 66.3 Å². The molecule has 1 saturated heterocycles. The van der Waals surface area contributed by atoms with Gasteiger partial charge < -0.3 is 10.2 Å². The Morgan fingerprint density at radius 2 is 1.90 bits per heavy atom. The van der Waals surface area contributed by atoms with E-state index in [2.05, 4.69) is 44.8 Å². The van der Waals surface area contributed by atoms with E-state index >= 15 is 0 Å². The molecule has 1 saturated carbocycles. The monoisotopic (exact) mass is 280 g/mol. The third-order valence-electron chi connectivity index (χ3n) is 6.04. The first-order valence-electron chi connectivity index (χ1n) is 8.89. The summed E-state index contributed by atoms with van der Waals surface area (Å²) in [7, 11) is 0. The summed E-state index contributed by atoms with van der Waals surface area (Å²) in [5.41, 5.74) is 0.466. The van der Waals surface area contributed by atoms with Gasteiger partial charge in [-0.1, -0.05) is 41.0 Å². The highest BCUT2D eigenvalue weighted by Crippen LogP contribution is 2.39.